The van der Waals surface area contributed by atoms with Crippen LogP contribution in [0.1, 0.15) is 26.3 Å². The molecule has 0 aliphatic rings. The second kappa shape index (κ2) is 6.53. The lowest BCUT2D eigenvalue weighted by molar-refractivity contribution is 0.131. The lowest BCUT2D eigenvalue weighted by atomic mass is 10.1. The molecule has 2 aromatic rings. The molecule has 0 amide bonds. The minimum Gasteiger partial charge on any atom is -0.497 e. The average molecular weight is 285 g/mol. The summed E-state index contributed by atoms with van der Waals surface area (Å²) in [6.07, 6.45) is 0. The maximum Gasteiger partial charge on any atom is 0.120 e. The fourth-order valence-electron chi connectivity index (χ4n) is 1.97. The molecule has 2 rings (SSSR count). The van der Waals surface area contributed by atoms with Crippen LogP contribution in [0.2, 0.25) is 0 Å². The van der Waals surface area contributed by atoms with Crippen LogP contribution in [0.4, 0.5) is 5.69 Å². The Bertz CT molecular complexity index is 571. The summed E-state index contributed by atoms with van der Waals surface area (Å²) in [5.74, 6) is 1.75. The van der Waals surface area contributed by atoms with Crippen molar-refractivity contribution in [3.8, 4) is 11.5 Å². The number of hydrogen-bond donors (Lipinski definition) is 1. The molecule has 0 aliphatic carbocycles. The maximum atomic E-state index is 5.81. The van der Waals surface area contributed by atoms with Gasteiger partial charge in [0.25, 0.3) is 0 Å². The summed E-state index contributed by atoms with van der Waals surface area (Å²) < 4.78 is 11.0. The number of hydrogen-bond acceptors (Lipinski definition) is 3. The van der Waals surface area contributed by atoms with E-state index in [0.29, 0.717) is 0 Å². The van der Waals surface area contributed by atoms with Gasteiger partial charge in [-0.1, -0.05) is 18.2 Å². The Hall–Kier alpha value is -2.16. The highest BCUT2D eigenvalue weighted by molar-refractivity contribution is 5.48. The van der Waals surface area contributed by atoms with Gasteiger partial charge in [0.05, 0.1) is 7.11 Å². The van der Waals surface area contributed by atoms with Crippen LogP contribution in [0.5, 0.6) is 11.5 Å². The van der Waals surface area contributed by atoms with Crippen molar-refractivity contribution in [3.63, 3.8) is 0 Å². The largest absolute Gasteiger partial charge is 0.497 e. The Morgan fingerprint density at radius 2 is 1.67 bits per heavy atom. The highest BCUT2D eigenvalue weighted by atomic mass is 16.5. The Kier molecular flexibility index (Phi) is 4.73. The summed E-state index contributed by atoms with van der Waals surface area (Å²) in [4.78, 5) is 0. The van der Waals surface area contributed by atoms with Crippen molar-refractivity contribution in [1.82, 2.24) is 0 Å². The van der Waals surface area contributed by atoms with Gasteiger partial charge < -0.3 is 14.8 Å². The summed E-state index contributed by atoms with van der Waals surface area (Å²) >= 11 is 0. The van der Waals surface area contributed by atoms with E-state index in [1.165, 1.54) is 5.56 Å². The van der Waals surface area contributed by atoms with Crippen molar-refractivity contribution in [2.45, 2.75) is 32.9 Å². The summed E-state index contributed by atoms with van der Waals surface area (Å²) in [7, 11) is 1.67. The first kappa shape index (κ1) is 15.2. The van der Waals surface area contributed by atoms with E-state index in [0.717, 1.165) is 23.7 Å². The predicted octanol–water partition coefficient (Wildman–Crippen LogP) is 4.48. The third-order valence-electron chi connectivity index (χ3n) is 2.91. The molecule has 2 aromatic carbocycles. The van der Waals surface area contributed by atoms with Crippen molar-refractivity contribution in [3.05, 3.63) is 54.1 Å². The summed E-state index contributed by atoms with van der Waals surface area (Å²) in [5.41, 5.74) is 2.09. The summed E-state index contributed by atoms with van der Waals surface area (Å²) in [6, 6.07) is 16.1. The quantitative estimate of drug-likeness (QED) is 0.878. The average Bonchev–Trinajstić information content (AvgIpc) is 2.45. The van der Waals surface area contributed by atoms with E-state index in [4.69, 9.17) is 9.47 Å². The summed E-state index contributed by atoms with van der Waals surface area (Å²) in [5, 5.41) is 3.38. The topological polar surface area (TPSA) is 30.5 Å². The van der Waals surface area contributed by atoms with Crippen molar-refractivity contribution < 1.29 is 9.47 Å². The van der Waals surface area contributed by atoms with E-state index < -0.39 is 0 Å². The molecule has 0 atom stereocenters. The minimum absolute atomic E-state index is 0.166. The number of ether oxygens (including phenoxy) is 2. The van der Waals surface area contributed by atoms with E-state index >= 15 is 0 Å². The highest BCUT2D eigenvalue weighted by Gasteiger charge is 2.11. The fourth-order valence-corrected chi connectivity index (χ4v) is 1.97. The van der Waals surface area contributed by atoms with Crippen LogP contribution in [0.15, 0.2) is 48.5 Å². The maximum absolute atomic E-state index is 5.81. The van der Waals surface area contributed by atoms with Crippen LogP contribution in [0.25, 0.3) is 0 Å². The third-order valence-corrected chi connectivity index (χ3v) is 2.91. The lowest BCUT2D eigenvalue weighted by Gasteiger charge is -2.21. The molecule has 0 spiro atoms. The van der Waals surface area contributed by atoms with Gasteiger partial charge in [-0.3, -0.25) is 0 Å². The molecule has 0 aromatic heterocycles. The SMILES string of the molecule is COc1cccc(NCc2ccc(OC(C)(C)C)cc2)c1. The molecular formula is C18H23NO2. The predicted molar refractivity (Wildman–Crippen MR) is 87.1 cm³/mol. The third kappa shape index (κ3) is 5.03. The van der Waals surface area contributed by atoms with Gasteiger partial charge in [0.1, 0.15) is 17.1 Å². The molecule has 0 saturated heterocycles. The zero-order valence-electron chi connectivity index (χ0n) is 13.1. The normalized spacial score (nSPS) is 11.0. The van der Waals surface area contributed by atoms with Crippen molar-refractivity contribution in [2.24, 2.45) is 0 Å². The molecule has 0 aliphatic heterocycles. The van der Waals surface area contributed by atoms with Gasteiger partial charge in [0.15, 0.2) is 0 Å². The van der Waals surface area contributed by atoms with Gasteiger partial charge in [-0.15, -0.1) is 0 Å². The zero-order chi connectivity index (χ0) is 15.3. The van der Waals surface area contributed by atoms with Gasteiger partial charge in [0.2, 0.25) is 0 Å². The van der Waals surface area contributed by atoms with Crippen LogP contribution >= 0.6 is 0 Å². The molecule has 0 bridgehead atoms. The molecule has 0 radical (unpaired) electrons. The molecule has 3 heteroatoms. The standard InChI is InChI=1S/C18H23NO2/c1-18(2,3)21-16-10-8-14(9-11-16)13-19-15-6-5-7-17(12-15)20-4/h5-12,19H,13H2,1-4H3. The highest BCUT2D eigenvalue weighted by Crippen LogP contribution is 2.20. The molecule has 112 valence electrons. The summed E-state index contributed by atoms with van der Waals surface area (Å²) in [6.45, 7) is 6.91. The molecule has 0 saturated carbocycles. The fraction of sp³-hybridized carbons (Fsp3) is 0.333. The first-order chi connectivity index (χ1) is 9.96. The van der Waals surface area contributed by atoms with Crippen LogP contribution in [-0.4, -0.2) is 12.7 Å². The smallest absolute Gasteiger partial charge is 0.120 e. The number of methoxy groups -OCH3 is 1. The van der Waals surface area contributed by atoms with Crippen LogP contribution < -0.4 is 14.8 Å². The molecular weight excluding hydrogens is 262 g/mol. The van der Waals surface area contributed by atoms with E-state index in [-0.39, 0.29) is 5.60 Å². The van der Waals surface area contributed by atoms with Crippen molar-refractivity contribution >= 4 is 5.69 Å². The van der Waals surface area contributed by atoms with Gasteiger partial charge in [0, 0.05) is 18.3 Å². The van der Waals surface area contributed by atoms with Gasteiger partial charge in [-0.25, -0.2) is 0 Å². The van der Waals surface area contributed by atoms with Crippen LogP contribution in [-0.2, 0) is 6.54 Å². The number of benzene rings is 2. The van der Waals surface area contributed by atoms with Crippen molar-refractivity contribution in [2.75, 3.05) is 12.4 Å². The van der Waals surface area contributed by atoms with E-state index in [2.05, 4.69) is 17.4 Å². The molecule has 0 fully saturated rings. The van der Waals surface area contributed by atoms with Gasteiger partial charge >= 0.3 is 0 Å². The lowest BCUT2D eigenvalue weighted by Crippen LogP contribution is -2.22. The van der Waals surface area contributed by atoms with Gasteiger partial charge in [-0.05, 0) is 50.6 Å². The Morgan fingerprint density at radius 1 is 0.952 bits per heavy atom. The number of nitrogens with one attached hydrogen (secondary N) is 1. The molecule has 21 heavy (non-hydrogen) atoms. The monoisotopic (exact) mass is 285 g/mol. The van der Waals surface area contributed by atoms with E-state index in [9.17, 15) is 0 Å². The van der Waals surface area contributed by atoms with E-state index in [1.807, 2.05) is 57.2 Å². The second-order valence-electron chi connectivity index (χ2n) is 5.94. The Morgan fingerprint density at radius 3 is 2.29 bits per heavy atom. The van der Waals surface area contributed by atoms with Gasteiger partial charge in [-0.2, -0.15) is 0 Å². The first-order valence-corrected chi connectivity index (χ1v) is 7.12. The molecule has 1 N–H and O–H groups in total. The first-order valence-electron chi connectivity index (χ1n) is 7.12. The number of rotatable bonds is 5. The Labute approximate surface area is 126 Å². The van der Waals surface area contributed by atoms with Crippen LogP contribution in [0, 0.1) is 0 Å². The molecule has 0 unspecified atom stereocenters. The molecule has 0 heterocycles. The van der Waals surface area contributed by atoms with Crippen molar-refractivity contribution in [1.29, 1.82) is 0 Å². The number of anilines is 1. The second-order valence-corrected chi connectivity index (χ2v) is 5.94. The zero-order valence-corrected chi connectivity index (χ0v) is 13.1. The van der Waals surface area contributed by atoms with Crippen LogP contribution in [0.3, 0.4) is 0 Å². The Balaban J connectivity index is 1.94. The molecule has 3 nitrogen and oxygen atoms in total. The van der Waals surface area contributed by atoms with E-state index in [1.54, 1.807) is 7.11 Å². The minimum atomic E-state index is -0.166.